The lowest BCUT2D eigenvalue weighted by atomic mass is 10.2. The Bertz CT molecular complexity index is 747. The van der Waals surface area contributed by atoms with Crippen molar-refractivity contribution in [1.29, 1.82) is 0 Å². The zero-order valence-corrected chi connectivity index (χ0v) is 18.5. The number of nitroso groups, excluding NO2 is 1. The quantitative estimate of drug-likeness (QED) is 0.277. The van der Waals surface area contributed by atoms with Gasteiger partial charge in [0.05, 0.1) is 30.8 Å². The van der Waals surface area contributed by atoms with Gasteiger partial charge in [0.25, 0.3) is 5.97 Å². The molecule has 1 saturated heterocycles. The first-order valence-corrected chi connectivity index (χ1v) is 10.2. The van der Waals surface area contributed by atoms with E-state index in [1.807, 2.05) is 0 Å². The molecule has 13 nitrogen and oxygen atoms in total. The minimum Gasteiger partial charge on any atom is -0.481 e. The van der Waals surface area contributed by atoms with E-state index in [4.69, 9.17) is 34.6 Å². The summed E-state index contributed by atoms with van der Waals surface area (Å²) in [6, 6.07) is 0. The first kappa shape index (κ1) is 26.2. The van der Waals surface area contributed by atoms with Crippen LogP contribution >= 0.6 is 11.9 Å². The third-order valence-corrected chi connectivity index (χ3v) is 4.01. The number of carboxylic acids is 1. The molecule has 2 atom stereocenters. The van der Waals surface area contributed by atoms with Crippen LogP contribution in [0.15, 0.2) is 9.48 Å². The van der Waals surface area contributed by atoms with Crippen LogP contribution in [0.5, 0.6) is 5.88 Å². The van der Waals surface area contributed by atoms with E-state index in [9.17, 15) is 9.70 Å². The molecule has 0 bridgehead atoms. The Hall–Kier alpha value is -2.87. The number of aliphatic carboxylic acids is 1. The summed E-state index contributed by atoms with van der Waals surface area (Å²) in [5.74, 6) is -0.377. The lowest BCUT2D eigenvalue weighted by Gasteiger charge is -2.18. The van der Waals surface area contributed by atoms with Crippen molar-refractivity contribution in [2.75, 3.05) is 24.3 Å². The lowest BCUT2D eigenvalue weighted by molar-refractivity contribution is -0.134. The van der Waals surface area contributed by atoms with Crippen molar-refractivity contribution in [2.24, 2.45) is 4.58 Å². The van der Waals surface area contributed by atoms with Gasteiger partial charge < -0.3 is 35.1 Å². The number of carbonyl (C=O) groups excluding carboxylic acids is 1. The van der Waals surface area contributed by atoms with E-state index in [-0.39, 0.29) is 30.6 Å². The summed E-state index contributed by atoms with van der Waals surface area (Å²) in [7, 11) is 0. The molecule has 0 aliphatic carbocycles. The number of nitrogens with one attached hydrogen (secondary N) is 1. The summed E-state index contributed by atoms with van der Waals surface area (Å²) in [4.78, 5) is 39.6. The number of nitrogens with two attached hydrogens (primary N) is 1. The first-order chi connectivity index (χ1) is 14.7. The number of hydrogen-bond donors (Lipinski definition) is 3. The molecule has 0 spiro atoms. The Morgan fingerprint density at radius 2 is 2.06 bits per heavy atom. The minimum absolute atomic E-state index is 0.00879. The molecular weight excluding hydrogens is 434 g/mol. The van der Waals surface area contributed by atoms with Crippen LogP contribution in [-0.4, -0.2) is 58.8 Å². The van der Waals surface area contributed by atoms with Crippen LogP contribution in [0.25, 0.3) is 0 Å². The van der Waals surface area contributed by atoms with E-state index in [0.29, 0.717) is 42.1 Å². The number of aromatic nitrogens is 2. The maximum atomic E-state index is 11.4. The van der Waals surface area contributed by atoms with Crippen LogP contribution in [-0.2, 0) is 19.0 Å². The predicted molar refractivity (Wildman–Crippen MR) is 112 cm³/mol. The van der Waals surface area contributed by atoms with Gasteiger partial charge in [-0.15, -0.1) is 4.91 Å². The monoisotopic (exact) mass is 461 g/mol. The summed E-state index contributed by atoms with van der Waals surface area (Å²) in [6.07, 6.45) is -0.366. The Morgan fingerprint density at radius 1 is 1.39 bits per heavy atom. The van der Waals surface area contributed by atoms with Gasteiger partial charge >= 0.3 is 6.16 Å². The van der Waals surface area contributed by atoms with Gasteiger partial charge in [0, 0.05) is 11.5 Å². The van der Waals surface area contributed by atoms with Crippen LogP contribution in [0.2, 0.25) is 0 Å². The van der Waals surface area contributed by atoms with Crippen molar-refractivity contribution in [3.8, 4) is 5.88 Å². The second-order valence-electron chi connectivity index (χ2n) is 6.38. The van der Waals surface area contributed by atoms with Crippen LogP contribution in [0, 0.1) is 4.91 Å². The summed E-state index contributed by atoms with van der Waals surface area (Å²) in [5.41, 5.74) is 5.70. The molecule has 1 aromatic rings. The third-order valence-electron chi connectivity index (χ3n) is 3.39. The van der Waals surface area contributed by atoms with Gasteiger partial charge in [-0.1, -0.05) is 0 Å². The van der Waals surface area contributed by atoms with E-state index in [2.05, 4.69) is 19.9 Å². The average molecular weight is 461 g/mol. The van der Waals surface area contributed by atoms with Crippen molar-refractivity contribution >= 4 is 35.8 Å². The van der Waals surface area contributed by atoms with Gasteiger partial charge in [-0.05, 0) is 33.6 Å². The molecule has 2 rings (SSSR count). The van der Waals surface area contributed by atoms with Gasteiger partial charge in [-0.3, -0.25) is 4.79 Å². The maximum Gasteiger partial charge on any atom is 0.508 e. The predicted octanol–water partition coefficient (Wildman–Crippen LogP) is 2.80. The number of rotatable bonds is 9. The van der Waals surface area contributed by atoms with Gasteiger partial charge in [-0.25, -0.2) is 4.79 Å². The molecule has 2 heterocycles. The average Bonchev–Trinajstić information content (AvgIpc) is 3.09. The highest BCUT2D eigenvalue weighted by Gasteiger charge is 2.28. The SMILES string of the molecule is CC(=O)O.CCOc1nc(N)nc(N[C@H]2CC[C@@H](COC(=O)OC(C)C)O2)c1SN=O. The molecule has 14 heteroatoms. The number of ether oxygens (including phenoxy) is 4. The van der Waals surface area contributed by atoms with E-state index in [0.717, 1.165) is 6.92 Å². The zero-order chi connectivity index (χ0) is 23.4. The summed E-state index contributed by atoms with van der Waals surface area (Å²) in [6.45, 7) is 6.76. The topological polar surface area (TPSA) is 185 Å². The van der Waals surface area contributed by atoms with Crippen molar-refractivity contribution < 1.29 is 33.6 Å². The number of nitrogen functional groups attached to an aromatic ring is 1. The molecule has 1 aliphatic rings. The van der Waals surface area contributed by atoms with Crippen molar-refractivity contribution in [2.45, 2.75) is 63.9 Å². The Kier molecular flexibility index (Phi) is 11.3. The van der Waals surface area contributed by atoms with E-state index in [1.165, 1.54) is 0 Å². The smallest absolute Gasteiger partial charge is 0.481 e. The van der Waals surface area contributed by atoms with Crippen LogP contribution in [0.4, 0.5) is 16.6 Å². The Morgan fingerprint density at radius 3 is 2.65 bits per heavy atom. The number of anilines is 2. The van der Waals surface area contributed by atoms with Gasteiger partial charge in [-0.2, -0.15) is 9.97 Å². The fourth-order valence-corrected chi connectivity index (χ4v) is 2.82. The van der Waals surface area contributed by atoms with E-state index in [1.54, 1.807) is 20.8 Å². The Labute approximate surface area is 183 Å². The first-order valence-electron chi connectivity index (χ1n) is 9.41. The molecule has 0 radical (unpaired) electrons. The second-order valence-corrected chi connectivity index (χ2v) is 7.12. The molecule has 0 saturated carbocycles. The van der Waals surface area contributed by atoms with Crippen LogP contribution < -0.4 is 15.8 Å². The Balaban J connectivity index is 0.00000110. The zero-order valence-electron chi connectivity index (χ0n) is 17.7. The fourth-order valence-electron chi connectivity index (χ4n) is 2.37. The third kappa shape index (κ3) is 10.1. The highest BCUT2D eigenvalue weighted by atomic mass is 32.2. The molecular formula is C17H27N5O8S. The highest BCUT2D eigenvalue weighted by Crippen LogP contribution is 2.36. The van der Waals surface area contributed by atoms with Crippen LogP contribution in [0.3, 0.4) is 0 Å². The van der Waals surface area contributed by atoms with Crippen molar-refractivity contribution in [3.05, 3.63) is 4.91 Å². The largest absolute Gasteiger partial charge is 0.508 e. The normalized spacial score (nSPS) is 17.3. The van der Waals surface area contributed by atoms with Gasteiger partial charge in [0.2, 0.25) is 11.8 Å². The maximum absolute atomic E-state index is 11.4. The molecule has 4 N–H and O–H groups in total. The van der Waals surface area contributed by atoms with Crippen molar-refractivity contribution in [3.63, 3.8) is 0 Å². The summed E-state index contributed by atoms with van der Waals surface area (Å²) in [5, 5.41) is 10.5. The molecule has 0 aromatic carbocycles. The minimum atomic E-state index is -0.833. The highest BCUT2D eigenvalue weighted by molar-refractivity contribution is 7.98. The molecule has 1 aromatic heterocycles. The van der Waals surface area contributed by atoms with Crippen molar-refractivity contribution in [1.82, 2.24) is 9.97 Å². The fraction of sp³-hybridized carbons (Fsp3) is 0.647. The summed E-state index contributed by atoms with van der Waals surface area (Å²) < 4.78 is 23.9. The number of nitrogens with zero attached hydrogens (tertiary/aromatic N) is 3. The molecule has 0 amide bonds. The van der Waals surface area contributed by atoms with E-state index >= 15 is 0 Å². The molecule has 0 unspecified atom stereocenters. The standard InChI is InChI=1S/C15H23N5O6S.C2H4O2/c1-4-23-13-11(27-20-22)12(18-14(16)19-13)17-10-6-5-9(26-10)7-24-15(21)25-8(2)3;1-2(3)4/h8-10H,4-7H2,1-3H3,(H3,16,17,18,19);1H3,(H,3,4)/t9-,10+;/m0./s1. The molecule has 174 valence electrons. The van der Waals surface area contributed by atoms with Gasteiger partial charge in [0.15, 0.2) is 5.82 Å². The summed E-state index contributed by atoms with van der Waals surface area (Å²) >= 11 is 0.641. The molecule has 31 heavy (non-hydrogen) atoms. The number of carboxylic acid groups (broad SMARTS) is 1. The van der Waals surface area contributed by atoms with Gasteiger partial charge in [0.1, 0.15) is 17.7 Å². The molecule has 1 aliphatic heterocycles. The number of hydrogen-bond acceptors (Lipinski definition) is 13. The lowest BCUT2D eigenvalue weighted by Crippen LogP contribution is -2.25. The van der Waals surface area contributed by atoms with E-state index < -0.39 is 18.4 Å². The van der Waals surface area contributed by atoms with Crippen LogP contribution in [0.1, 0.15) is 40.5 Å². The molecule has 1 fully saturated rings. The number of carbonyl (C=O) groups is 2. The second kappa shape index (κ2) is 13.4.